The summed E-state index contributed by atoms with van der Waals surface area (Å²) in [5, 5.41) is 2.96. The van der Waals surface area contributed by atoms with Crippen molar-refractivity contribution in [1.82, 2.24) is 0 Å². The van der Waals surface area contributed by atoms with Crippen molar-refractivity contribution in [3.05, 3.63) is 75.5 Å². The molecule has 0 aliphatic carbocycles. The Morgan fingerprint density at radius 1 is 0.524 bits per heavy atom. The predicted molar refractivity (Wildman–Crippen MR) is 103 cm³/mol. The molecule has 0 N–H and O–H groups in total. The molecule has 2 aromatic rings. The first-order valence-corrected chi connectivity index (χ1v) is 10.5. The third-order valence-electron chi connectivity index (χ3n) is 2.55. The average molecular weight is 413 g/mol. The molecule has 0 saturated heterocycles. The summed E-state index contributed by atoms with van der Waals surface area (Å²) in [6.07, 6.45) is 0. The van der Waals surface area contributed by atoms with Crippen molar-refractivity contribution in [2.24, 2.45) is 0 Å². The molecule has 21 heavy (non-hydrogen) atoms. The average Bonchev–Trinajstić information content (AvgIpc) is 2.41. The Bertz CT molecular complexity index is 384. The summed E-state index contributed by atoms with van der Waals surface area (Å²) in [4.78, 5) is 0. The minimum atomic E-state index is 0. The van der Waals surface area contributed by atoms with Gasteiger partial charge in [-0.3, -0.25) is 0 Å². The Morgan fingerprint density at radius 2 is 0.762 bits per heavy atom. The van der Waals surface area contributed by atoms with Crippen molar-refractivity contribution in [1.29, 1.82) is 0 Å². The minimum Gasteiger partial charge on any atom is -0.358 e. The van der Waals surface area contributed by atoms with Crippen molar-refractivity contribution in [2.45, 2.75) is 0 Å². The zero-order chi connectivity index (χ0) is 13.4. The van der Waals surface area contributed by atoms with Crippen molar-refractivity contribution in [2.75, 3.05) is 26.7 Å². The normalized spacial score (nSPS) is 8.67. The molecule has 2 aromatic carbocycles. The minimum absolute atomic E-state index is 0. The summed E-state index contributed by atoms with van der Waals surface area (Å²) < 4.78 is 0. The first-order valence-electron chi connectivity index (χ1n) is 6.06. The molecule has 0 spiro atoms. The van der Waals surface area contributed by atoms with Gasteiger partial charge in [-0.1, -0.05) is 76.5 Å². The number of hydrogen-bond acceptors (Lipinski definition) is 0. The number of benzene rings is 2. The van der Waals surface area contributed by atoms with Gasteiger partial charge >= 0.3 is 20.4 Å². The molecule has 0 radical (unpaired) electrons. The summed E-state index contributed by atoms with van der Waals surface area (Å²) in [5.74, 6) is 0. The molecule has 0 amide bonds. The second-order valence-corrected chi connectivity index (χ2v) is 9.07. The van der Waals surface area contributed by atoms with Gasteiger partial charge < -0.3 is 14.9 Å². The maximum Gasteiger partial charge on any atom is 2.00 e. The molecular formula is C18H28P2Pd. The van der Waals surface area contributed by atoms with E-state index in [1.165, 1.54) is 10.6 Å². The number of hydrogen-bond donors (Lipinski definition) is 0. The van der Waals surface area contributed by atoms with Crippen molar-refractivity contribution < 1.29 is 20.4 Å². The quantitative estimate of drug-likeness (QED) is 0.370. The Hall–Kier alpha value is -0.0377. The smallest absolute Gasteiger partial charge is 0.358 e. The monoisotopic (exact) mass is 412 g/mol. The molecule has 0 bridgehead atoms. The largest absolute Gasteiger partial charge is 2.00 e. The zero-order valence-corrected chi connectivity index (χ0v) is 17.3. The Morgan fingerprint density at radius 3 is 0.905 bits per heavy atom. The molecule has 2 rings (SSSR count). The van der Waals surface area contributed by atoms with Crippen LogP contribution in [0.25, 0.3) is 0 Å². The van der Waals surface area contributed by atoms with E-state index in [4.69, 9.17) is 0 Å². The van der Waals surface area contributed by atoms with Crippen LogP contribution in [0.3, 0.4) is 0 Å². The molecular weight excluding hydrogens is 385 g/mol. The van der Waals surface area contributed by atoms with Gasteiger partial charge in [0.25, 0.3) is 0 Å². The summed E-state index contributed by atoms with van der Waals surface area (Å²) in [6.45, 7) is 9.07. The van der Waals surface area contributed by atoms with Gasteiger partial charge in [-0.2, -0.15) is 0 Å². The second kappa shape index (κ2) is 14.9. The van der Waals surface area contributed by atoms with Crippen LogP contribution in [-0.4, -0.2) is 26.7 Å². The molecule has 0 aliphatic rings. The number of rotatable bonds is 2. The molecule has 3 heteroatoms. The van der Waals surface area contributed by atoms with E-state index in [9.17, 15) is 0 Å². The van der Waals surface area contributed by atoms with E-state index < -0.39 is 0 Å². The van der Waals surface area contributed by atoms with Crippen molar-refractivity contribution >= 4 is 26.5 Å². The third kappa shape index (κ3) is 11.2. The molecule has 120 valence electrons. The van der Waals surface area contributed by atoms with Crippen LogP contribution in [0.5, 0.6) is 0 Å². The van der Waals surface area contributed by atoms with E-state index in [1.54, 1.807) is 0 Å². The van der Waals surface area contributed by atoms with E-state index >= 15 is 0 Å². The van der Waals surface area contributed by atoms with Crippen molar-refractivity contribution in [3.63, 3.8) is 0 Å². The molecule has 0 heterocycles. The van der Waals surface area contributed by atoms with Gasteiger partial charge in [-0.25, -0.2) is 0 Å². The maximum absolute atomic E-state index is 2.27. The van der Waals surface area contributed by atoms with Gasteiger partial charge in [0.05, 0.1) is 0 Å². The van der Waals surface area contributed by atoms with Gasteiger partial charge in [0, 0.05) is 0 Å². The first-order chi connectivity index (χ1) is 8.61. The fourth-order valence-corrected chi connectivity index (χ4v) is 2.99. The van der Waals surface area contributed by atoms with E-state index in [2.05, 4.69) is 87.3 Å². The van der Waals surface area contributed by atoms with Crippen LogP contribution in [0, 0.1) is 14.9 Å². The molecule has 0 nitrogen and oxygen atoms in total. The summed E-state index contributed by atoms with van der Waals surface area (Å²) in [7, 11) is 0.209. The van der Waals surface area contributed by atoms with Gasteiger partial charge in [-0.05, 0) is 37.3 Å². The van der Waals surface area contributed by atoms with E-state index in [0.29, 0.717) is 0 Å². The topological polar surface area (TPSA) is 0 Å². The van der Waals surface area contributed by atoms with Gasteiger partial charge in [0.15, 0.2) is 0 Å². The van der Waals surface area contributed by atoms with E-state index in [-0.39, 0.29) is 51.1 Å². The van der Waals surface area contributed by atoms with Crippen LogP contribution in [0.4, 0.5) is 0 Å². The second-order valence-electron chi connectivity index (χ2n) is 4.46. The Labute approximate surface area is 148 Å². The van der Waals surface area contributed by atoms with Crippen LogP contribution < -0.4 is 10.6 Å². The van der Waals surface area contributed by atoms with Crippen LogP contribution in [0.15, 0.2) is 60.7 Å². The maximum atomic E-state index is 2.27. The van der Waals surface area contributed by atoms with Crippen molar-refractivity contribution in [3.8, 4) is 0 Å². The summed E-state index contributed by atoms with van der Waals surface area (Å²) >= 11 is 0. The van der Waals surface area contributed by atoms with Gasteiger partial charge in [0.1, 0.15) is 0 Å². The van der Waals surface area contributed by atoms with E-state index in [1.807, 2.05) is 0 Å². The standard InChI is InChI=1S/2C8H11P.2CH3.Pd/c2*1-9(2)8-6-4-3-5-7-8;;;/h2*3-7H,1-2H3;2*1H3;/q;;2*-1;+2. The molecule has 0 saturated carbocycles. The fraction of sp³-hybridized carbons (Fsp3) is 0.222. The zero-order valence-electron chi connectivity index (χ0n) is 14.0. The van der Waals surface area contributed by atoms with Crippen LogP contribution in [0.2, 0.25) is 0 Å². The SMILES string of the molecule is CP(C)c1ccccc1.CP(C)c1ccccc1.[CH3-].[CH3-].[Pd+2]. The third-order valence-corrected chi connectivity index (χ3v) is 5.21. The fourth-order valence-electron chi connectivity index (χ4n) is 1.45. The first kappa shape index (κ1) is 25.9. The molecule has 0 atom stereocenters. The Kier molecular flexibility index (Phi) is 18.3. The van der Waals surface area contributed by atoms with Crippen LogP contribution in [-0.2, 0) is 20.4 Å². The predicted octanol–water partition coefficient (Wildman–Crippen LogP) is 5.00. The molecule has 0 aromatic heterocycles. The molecule has 0 unspecified atom stereocenters. The van der Waals surface area contributed by atoms with Gasteiger partial charge in [0.2, 0.25) is 0 Å². The Balaban J connectivity index is -0.000000270. The molecule has 0 fully saturated rings. The summed E-state index contributed by atoms with van der Waals surface area (Å²) in [5.41, 5.74) is 0. The van der Waals surface area contributed by atoms with E-state index in [0.717, 1.165) is 0 Å². The van der Waals surface area contributed by atoms with Crippen LogP contribution >= 0.6 is 15.8 Å². The molecule has 0 aliphatic heterocycles. The van der Waals surface area contributed by atoms with Crippen LogP contribution in [0.1, 0.15) is 0 Å². The van der Waals surface area contributed by atoms with Gasteiger partial charge in [-0.15, -0.1) is 0 Å². The summed E-state index contributed by atoms with van der Waals surface area (Å²) in [6, 6.07) is 21.2.